The molecule has 1 fully saturated rings. The zero-order valence-corrected chi connectivity index (χ0v) is 14.7. The highest BCUT2D eigenvalue weighted by Crippen LogP contribution is 2.32. The van der Waals surface area contributed by atoms with Crippen molar-refractivity contribution in [1.29, 1.82) is 0 Å². The normalized spacial score (nSPS) is 15.6. The van der Waals surface area contributed by atoms with Crippen LogP contribution in [0, 0.1) is 0 Å². The highest BCUT2D eigenvalue weighted by atomic mass is 16.5. The minimum Gasteiger partial charge on any atom is -0.493 e. The van der Waals surface area contributed by atoms with Gasteiger partial charge >= 0.3 is 0 Å². The van der Waals surface area contributed by atoms with Crippen molar-refractivity contribution in [3.8, 4) is 11.5 Å². The fraction of sp³-hybridized carbons (Fsp3) is 0.400. The quantitative estimate of drug-likeness (QED) is 0.866. The maximum atomic E-state index is 12.5. The van der Waals surface area contributed by atoms with Gasteiger partial charge in [-0.25, -0.2) is 0 Å². The summed E-state index contributed by atoms with van der Waals surface area (Å²) in [4.78, 5) is 16.6. The van der Waals surface area contributed by atoms with Gasteiger partial charge in [0, 0.05) is 18.0 Å². The van der Waals surface area contributed by atoms with Crippen LogP contribution < -0.4 is 14.8 Å². The number of hydrogen-bond acceptors (Lipinski definition) is 4. The van der Waals surface area contributed by atoms with Crippen LogP contribution in [0.2, 0.25) is 0 Å². The number of aromatic nitrogens is 1. The van der Waals surface area contributed by atoms with E-state index in [1.165, 1.54) is 12.8 Å². The lowest BCUT2D eigenvalue weighted by atomic mass is 10.1. The van der Waals surface area contributed by atoms with Crippen molar-refractivity contribution in [2.45, 2.75) is 44.8 Å². The SMILES string of the molecule is COc1cc(C(=O)NC(C)c2cccnc2)ccc1OC1CCCC1. The van der Waals surface area contributed by atoms with Gasteiger partial charge in [0.05, 0.1) is 19.3 Å². The van der Waals surface area contributed by atoms with Crippen LogP contribution in [0.25, 0.3) is 0 Å². The third-order valence-corrected chi connectivity index (χ3v) is 4.55. The van der Waals surface area contributed by atoms with Gasteiger partial charge in [0.15, 0.2) is 11.5 Å². The lowest BCUT2D eigenvalue weighted by molar-refractivity contribution is 0.0939. The van der Waals surface area contributed by atoms with E-state index in [0.717, 1.165) is 18.4 Å². The molecule has 1 aliphatic rings. The van der Waals surface area contributed by atoms with Gasteiger partial charge in [-0.3, -0.25) is 9.78 Å². The number of carbonyl (C=O) groups is 1. The van der Waals surface area contributed by atoms with Crippen molar-refractivity contribution in [3.63, 3.8) is 0 Å². The molecule has 1 atom stereocenters. The van der Waals surface area contributed by atoms with E-state index in [4.69, 9.17) is 9.47 Å². The average Bonchev–Trinajstić information content (AvgIpc) is 3.15. The number of rotatable bonds is 6. The Hall–Kier alpha value is -2.56. The van der Waals surface area contributed by atoms with E-state index in [1.54, 1.807) is 31.6 Å². The number of nitrogens with one attached hydrogen (secondary N) is 1. The summed E-state index contributed by atoms with van der Waals surface area (Å²) in [5.74, 6) is 1.14. The summed E-state index contributed by atoms with van der Waals surface area (Å²) in [5, 5.41) is 2.98. The van der Waals surface area contributed by atoms with Crippen LogP contribution in [0.4, 0.5) is 0 Å². The number of ether oxygens (including phenoxy) is 2. The van der Waals surface area contributed by atoms with Gasteiger partial charge in [0.1, 0.15) is 0 Å². The maximum absolute atomic E-state index is 12.5. The molecule has 2 aromatic rings. The minimum atomic E-state index is -0.151. The summed E-state index contributed by atoms with van der Waals surface area (Å²) >= 11 is 0. The zero-order chi connectivity index (χ0) is 17.6. The van der Waals surface area contributed by atoms with Gasteiger partial charge in [0.25, 0.3) is 5.91 Å². The molecule has 25 heavy (non-hydrogen) atoms. The second-order valence-corrected chi connectivity index (χ2v) is 6.37. The smallest absolute Gasteiger partial charge is 0.251 e. The predicted octanol–water partition coefficient (Wildman–Crippen LogP) is 3.90. The van der Waals surface area contributed by atoms with E-state index in [2.05, 4.69) is 10.3 Å². The number of pyridine rings is 1. The van der Waals surface area contributed by atoms with E-state index in [9.17, 15) is 4.79 Å². The van der Waals surface area contributed by atoms with Crippen molar-refractivity contribution in [2.75, 3.05) is 7.11 Å². The molecular formula is C20H24N2O3. The summed E-state index contributed by atoms with van der Waals surface area (Å²) in [5.41, 5.74) is 1.51. The van der Waals surface area contributed by atoms with Gasteiger partial charge in [-0.2, -0.15) is 0 Å². The molecule has 1 amide bonds. The Labute approximate surface area is 148 Å². The van der Waals surface area contributed by atoms with Crippen LogP contribution in [0.5, 0.6) is 11.5 Å². The summed E-state index contributed by atoms with van der Waals surface area (Å²) in [6, 6.07) is 9.00. The molecule has 1 aromatic carbocycles. The Morgan fingerprint density at radius 1 is 1.24 bits per heavy atom. The molecule has 0 saturated heterocycles. The molecule has 5 heteroatoms. The summed E-state index contributed by atoms with van der Waals surface area (Å²) in [7, 11) is 1.59. The van der Waals surface area contributed by atoms with Gasteiger partial charge in [-0.15, -0.1) is 0 Å². The van der Waals surface area contributed by atoms with E-state index < -0.39 is 0 Å². The van der Waals surface area contributed by atoms with Gasteiger partial charge in [-0.05, 0) is 62.4 Å². The number of hydrogen-bond donors (Lipinski definition) is 1. The molecule has 1 heterocycles. The van der Waals surface area contributed by atoms with Gasteiger partial charge in [0.2, 0.25) is 0 Å². The molecule has 1 N–H and O–H groups in total. The van der Waals surface area contributed by atoms with E-state index in [-0.39, 0.29) is 18.1 Å². The summed E-state index contributed by atoms with van der Waals surface area (Å²) < 4.78 is 11.4. The first-order chi connectivity index (χ1) is 12.2. The Morgan fingerprint density at radius 2 is 2.04 bits per heavy atom. The highest BCUT2D eigenvalue weighted by Gasteiger charge is 2.19. The Morgan fingerprint density at radius 3 is 2.72 bits per heavy atom. The maximum Gasteiger partial charge on any atom is 0.251 e. The minimum absolute atomic E-state index is 0.124. The van der Waals surface area contributed by atoms with Crippen molar-refractivity contribution in [3.05, 3.63) is 53.9 Å². The van der Waals surface area contributed by atoms with Crippen LogP contribution in [-0.2, 0) is 0 Å². The standard InChI is InChI=1S/C20H24N2O3/c1-14(16-6-5-11-21-13-16)22-20(23)15-9-10-18(19(12-15)24-2)25-17-7-3-4-8-17/h5-6,9-14,17H,3-4,7-8H2,1-2H3,(H,22,23). The van der Waals surface area contributed by atoms with E-state index in [1.807, 2.05) is 25.1 Å². The lowest BCUT2D eigenvalue weighted by Crippen LogP contribution is -2.26. The molecule has 1 aromatic heterocycles. The van der Waals surface area contributed by atoms with Crippen molar-refractivity contribution in [1.82, 2.24) is 10.3 Å². The Kier molecular flexibility index (Phi) is 5.53. The molecule has 0 bridgehead atoms. The molecular weight excluding hydrogens is 316 g/mol. The molecule has 132 valence electrons. The predicted molar refractivity (Wildman–Crippen MR) is 96.0 cm³/mol. The van der Waals surface area contributed by atoms with Crippen LogP contribution in [-0.4, -0.2) is 24.1 Å². The second kappa shape index (κ2) is 8.01. The summed E-state index contributed by atoms with van der Waals surface area (Å²) in [6.45, 7) is 1.93. The van der Waals surface area contributed by atoms with Crippen LogP contribution in [0.1, 0.15) is 54.6 Å². The fourth-order valence-corrected chi connectivity index (χ4v) is 3.09. The molecule has 0 aliphatic heterocycles. The zero-order valence-electron chi connectivity index (χ0n) is 14.7. The number of methoxy groups -OCH3 is 1. The molecule has 5 nitrogen and oxygen atoms in total. The molecule has 0 spiro atoms. The molecule has 3 rings (SSSR count). The van der Waals surface area contributed by atoms with Crippen LogP contribution in [0.15, 0.2) is 42.7 Å². The van der Waals surface area contributed by atoms with Gasteiger partial charge < -0.3 is 14.8 Å². The second-order valence-electron chi connectivity index (χ2n) is 6.37. The van der Waals surface area contributed by atoms with Crippen LogP contribution >= 0.6 is 0 Å². The summed E-state index contributed by atoms with van der Waals surface area (Å²) in [6.07, 6.45) is 8.29. The monoisotopic (exact) mass is 340 g/mol. The van der Waals surface area contributed by atoms with Crippen molar-refractivity contribution >= 4 is 5.91 Å². The number of benzene rings is 1. The van der Waals surface area contributed by atoms with Gasteiger partial charge in [-0.1, -0.05) is 6.07 Å². The number of nitrogens with zero attached hydrogens (tertiary/aromatic N) is 1. The molecule has 1 unspecified atom stereocenters. The first-order valence-corrected chi connectivity index (χ1v) is 8.73. The third kappa shape index (κ3) is 4.29. The Bertz CT molecular complexity index is 712. The molecule has 1 saturated carbocycles. The van der Waals surface area contributed by atoms with E-state index >= 15 is 0 Å². The van der Waals surface area contributed by atoms with Crippen LogP contribution in [0.3, 0.4) is 0 Å². The average molecular weight is 340 g/mol. The van der Waals surface area contributed by atoms with Crippen molar-refractivity contribution in [2.24, 2.45) is 0 Å². The first-order valence-electron chi connectivity index (χ1n) is 8.73. The highest BCUT2D eigenvalue weighted by molar-refractivity contribution is 5.95. The lowest BCUT2D eigenvalue weighted by Gasteiger charge is -2.17. The first kappa shape index (κ1) is 17.3. The molecule has 0 radical (unpaired) electrons. The van der Waals surface area contributed by atoms with E-state index in [0.29, 0.717) is 17.1 Å². The molecule has 1 aliphatic carbocycles. The fourth-order valence-electron chi connectivity index (χ4n) is 3.09. The third-order valence-electron chi connectivity index (χ3n) is 4.55. The van der Waals surface area contributed by atoms with Crippen molar-refractivity contribution < 1.29 is 14.3 Å². The largest absolute Gasteiger partial charge is 0.493 e. The number of amides is 1. The number of carbonyl (C=O) groups excluding carboxylic acids is 1. The Balaban J connectivity index is 1.70. The topological polar surface area (TPSA) is 60.5 Å².